The van der Waals surface area contributed by atoms with Crippen LogP contribution in [-0.4, -0.2) is 12.5 Å². The van der Waals surface area contributed by atoms with Crippen LogP contribution in [0.25, 0.3) is 0 Å². The molecule has 0 aliphatic rings. The second-order valence-electron chi connectivity index (χ2n) is 2.67. The lowest BCUT2D eigenvalue weighted by molar-refractivity contribution is 0.540. The van der Waals surface area contributed by atoms with Gasteiger partial charge < -0.3 is 5.32 Å². The van der Waals surface area contributed by atoms with Gasteiger partial charge in [0, 0.05) is 0 Å². The third-order valence-corrected chi connectivity index (χ3v) is 1.42. The van der Waals surface area contributed by atoms with Crippen molar-refractivity contribution in [3.8, 4) is 0 Å². The van der Waals surface area contributed by atoms with E-state index in [4.69, 9.17) is 11.6 Å². The van der Waals surface area contributed by atoms with Crippen LogP contribution in [0, 0.1) is 5.92 Å². The van der Waals surface area contributed by atoms with Gasteiger partial charge in [0.2, 0.25) is 0 Å². The van der Waals surface area contributed by atoms with Gasteiger partial charge in [-0.25, -0.2) is 0 Å². The first kappa shape index (κ1) is 9.25. The number of rotatable bonds is 5. The Morgan fingerprint density at radius 2 is 2.11 bits per heavy atom. The van der Waals surface area contributed by atoms with Crippen molar-refractivity contribution >= 4 is 11.6 Å². The molecule has 0 saturated heterocycles. The molecule has 9 heavy (non-hydrogen) atoms. The van der Waals surface area contributed by atoms with E-state index < -0.39 is 0 Å². The van der Waals surface area contributed by atoms with Crippen LogP contribution < -0.4 is 5.32 Å². The lowest BCUT2D eigenvalue weighted by atomic mass is 10.1. The maximum Gasteiger partial charge on any atom is 0.0713 e. The summed E-state index contributed by atoms with van der Waals surface area (Å²) in [6.45, 7) is 5.53. The molecule has 1 N–H and O–H groups in total. The fourth-order valence-corrected chi connectivity index (χ4v) is 0.836. The summed E-state index contributed by atoms with van der Waals surface area (Å²) in [4.78, 5) is 0. The molecule has 0 saturated carbocycles. The highest BCUT2D eigenvalue weighted by molar-refractivity contribution is 6.17. The van der Waals surface area contributed by atoms with E-state index in [0.29, 0.717) is 6.00 Å². The van der Waals surface area contributed by atoms with E-state index in [1.165, 1.54) is 12.8 Å². The minimum Gasteiger partial charge on any atom is -0.304 e. The van der Waals surface area contributed by atoms with Crippen molar-refractivity contribution in [1.82, 2.24) is 5.32 Å². The van der Waals surface area contributed by atoms with Crippen LogP contribution in [0.1, 0.15) is 26.7 Å². The van der Waals surface area contributed by atoms with Crippen LogP contribution in [0.3, 0.4) is 0 Å². The molecule has 0 heterocycles. The highest BCUT2D eigenvalue weighted by atomic mass is 35.5. The van der Waals surface area contributed by atoms with Crippen molar-refractivity contribution in [3.63, 3.8) is 0 Å². The van der Waals surface area contributed by atoms with Crippen LogP contribution >= 0.6 is 11.6 Å². The third kappa shape index (κ3) is 8.25. The summed E-state index contributed by atoms with van der Waals surface area (Å²) in [5.74, 6) is 0.821. The number of alkyl halides is 1. The summed E-state index contributed by atoms with van der Waals surface area (Å²) in [5.41, 5.74) is 0. The largest absolute Gasteiger partial charge is 0.304 e. The molecule has 0 aromatic rings. The molecule has 0 aliphatic carbocycles. The molecular weight excluding hydrogens is 134 g/mol. The van der Waals surface area contributed by atoms with E-state index >= 15 is 0 Å². The van der Waals surface area contributed by atoms with Gasteiger partial charge in [-0.05, 0) is 25.3 Å². The predicted octanol–water partition coefficient (Wildman–Crippen LogP) is 2.21. The first-order chi connectivity index (χ1) is 4.27. The molecule has 0 atom stereocenters. The average molecular weight is 150 g/mol. The third-order valence-electron chi connectivity index (χ3n) is 1.23. The van der Waals surface area contributed by atoms with E-state index in [9.17, 15) is 0 Å². The molecule has 0 amide bonds. The van der Waals surface area contributed by atoms with Crippen molar-refractivity contribution < 1.29 is 0 Å². The van der Waals surface area contributed by atoms with E-state index in [0.717, 1.165) is 12.5 Å². The van der Waals surface area contributed by atoms with Crippen molar-refractivity contribution in [2.45, 2.75) is 26.7 Å². The molecule has 1 nitrogen and oxygen atoms in total. The molecule has 2 heteroatoms. The Morgan fingerprint density at radius 1 is 1.44 bits per heavy atom. The van der Waals surface area contributed by atoms with E-state index in [-0.39, 0.29) is 0 Å². The van der Waals surface area contributed by atoms with Gasteiger partial charge >= 0.3 is 0 Å². The second-order valence-corrected chi connectivity index (χ2v) is 2.94. The quantitative estimate of drug-likeness (QED) is 0.359. The number of nitrogens with one attached hydrogen (secondary N) is 1. The SMILES string of the molecule is CC(C)CCCNCCl. The Bertz CT molecular complexity index is 54.9. The van der Waals surface area contributed by atoms with Gasteiger partial charge in [-0.1, -0.05) is 13.8 Å². The van der Waals surface area contributed by atoms with Crippen molar-refractivity contribution in [3.05, 3.63) is 0 Å². The summed E-state index contributed by atoms with van der Waals surface area (Å²) in [7, 11) is 0. The summed E-state index contributed by atoms with van der Waals surface area (Å²) in [6, 6.07) is 0.581. The zero-order chi connectivity index (χ0) is 7.11. The van der Waals surface area contributed by atoms with Crippen LogP contribution in [0.4, 0.5) is 0 Å². The molecule has 0 aromatic heterocycles. The zero-order valence-corrected chi connectivity index (χ0v) is 7.04. The number of hydrogen-bond donors (Lipinski definition) is 1. The fraction of sp³-hybridized carbons (Fsp3) is 1.00. The lowest BCUT2D eigenvalue weighted by Crippen LogP contribution is -2.12. The molecule has 56 valence electrons. The predicted molar refractivity (Wildman–Crippen MR) is 42.8 cm³/mol. The van der Waals surface area contributed by atoms with Gasteiger partial charge in [0.25, 0.3) is 0 Å². The van der Waals surface area contributed by atoms with Crippen LogP contribution in [-0.2, 0) is 0 Å². The highest BCUT2D eigenvalue weighted by Gasteiger charge is 1.91. The van der Waals surface area contributed by atoms with Crippen molar-refractivity contribution in [2.75, 3.05) is 12.5 Å². The number of halogens is 1. The lowest BCUT2D eigenvalue weighted by Gasteiger charge is -2.02. The van der Waals surface area contributed by atoms with Gasteiger partial charge in [-0.3, -0.25) is 0 Å². The second kappa shape index (κ2) is 6.37. The summed E-state index contributed by atoms with van der Waals surface area (Å²) in [5, 5.41) is 3.07. The van der Waals surface area contributed by atoms with Crippen LogP contribution in [0.15, 0.2) is 0 Å². The van der Waals surface area contributed by atoms with Crippen LogP contribution in [0.2, 0.25) is 0 Å². The standard InChI is InChI=1S/C7H16ClN/c1-7(2)4-3-5-9-6-8/h7,9H,3-6H2,1-2H3. The van der Waals surface area contributed by atoms with E-state index in [2.05, 4.69) is 19.2 Å². The Balaban J connectivity index is 2.75. The van der Waals surface area contributed by atoms with Gasteiger partial charge in [0.05, 0.1) is 6.00 Å². The Labute approximate surface area is 62.8 Å². The summed E-state index contributed by atoms with van der Waals surface area (Å²) in [6.07, 6.45) is 2.54. The van der Waals surface area contributed by atoms with Crippen molar-refractivity contribution in [1.29, 1.82) is 0 Å². The Morgan fingerprint density at radius 3 is 2.56 bits per heavy atom. The molecule has 0 unspecified atom stereocenters. The maximum atomic E-state index is 5.41. The van der Waals surface area contributed by atoms with Crippen molar-refractivity contribution in [2.24, 2.45) is 5.92 Å². The molecule has 0 bridgehead atoms. The number of hydrogen-bond acceptors (Lipinski definition) is 1. The van der Waals surface area contributed by atoms with Crippen LogP contribution in [0.5, 0.6) is 0 Å². The normalized spacial score (nSPS) is 10.7. The molecule has 0 aliphatic heterocycles. The molecular formula is C7H16ClN. The van der Waals surface area contributed by atoms with E-state index in [1.54, 1.807) is 0 Å². The monoisotopic (exact) mass is 149 g/mol. The molecule has 0 aromatic carbocycles. The van der Waals surface area contributed by atoms with Gasteiger partial charge in [0.1, 0.15) is 0 Å². The smallest absolute Gasteiger partial charge is 0.0713 e. The Kier molecular flexibility index (Phi) is 6.55. The minimum absolute atomic E-state index is 0.581. The first-order valence-electron chi connectivity index (χ1n) is 3.54. The van der Waals surface area contributed by atoms with Gasteiger partial charge in [-0.2, -0.15) is 0 Å². The Hall–Kier alpha value is 0.250. The van der Waals surface area contributed by atoms with E-state index in [1.807, 2.05) is 0 Å². The average Bonchev–Trinajstić information content (AvgIpc) is 1.80. The fourth-order valence-electron chi connectivity index (χ4n) is 0.702. The topological polar surface area (TPSA) is 12.0 Å². The first-order valence-corrected chi connectivity index (χ1v) is 4.07. The van der Waals surface area contributed by atoms with Gasteiger partial charge in [-0.15, -0.1) is 11.6 Å². The summed E-state index contributed by atoms with van der Waals surface area (Å²) < 4.78 is 0. The molecule has 0 radical (unpaired) electrons. The summed E-state index contributed by atoms with van der Waals surface area (Å²) >= 11 is 5.41. The zero-order valence-electron chi connectivity index (χ0n) is 6.28. The molecule has 0 fully saturated rings. The minimum atomic E-state index is 0.581. The maximum absolute atomic E-state index is 5.41. The highest BCUT2D eigenvalue weighted by Crippen LogP contribution is 2.01. The molecule has 0 rings (SSSR count). The van der Waals surface area contributed by atoms with Gasteiger partial charge in [0.15, 0.2) is 0 Å². The molecule has 0 spiro atoms.